The summed E-state index contributed by atoms with van der Waals surface area (Å²) in [7, 11) is 1.59. The van der Waals surface area contributed by atoms with Gasteiger partial charge < -0.3 is 20.8 Å². The summed E-state index contributed by atoms with van der Waals surface area (Å²) < 4.78 is 0. The van der Waals surface area contributed by atoms with E-state index in [0.717, 1.165) is 5.69 Å². The second-order valence-corrected chi connectivity index (χ2v) is 4.32. The zero-order chi connectivity index (χ0) is 14.5. The lowest BCUT2D eigenvalue weighted by Crippen LogP contribution is -2.17. The second kappa shape index (κ2) is 5.97. The Hall–Kier alpha value is -2.69. The number of benzene rings is 2. The molecule has 5 nitrogen and oxygen atoms in total. The number of phenolic OH excluding ortho intramolecular Hbond substituents is 2. The van der Waals surface area contributed by atoms with Crippen molar-refractivity contribution in [1.82, 2.24) is 5.32 Å². The molecule has 0 saturated heterocycles. The fraction of sp³-hybridized carbons (Fsp3) is 0.133. The molecule has 0 saturated carbocycles. The van der Waals surface area contributed by atoms with Crippen LogP contribution in [-0.2, 0) is 6.54 Å². The topological polar surface area (TPSA) is 81.6 Å². The van der Waals surface area contributed by atoms with Gasteiger partial charge in [0.05, 0.1) is 0 Å². The lowest BCUT2D eigenvalue weighted by Gasteiger charge is -2.09. The van der Waals surface area contributed by atoms with E-state index in [9.17, 15) is 15.0 Å². The first-order chi connectivity index (χ1) is 9.60. The first kappa shape index (κ1) is 13.7. The minimum absolute atomic E-state index is 0.0289. The maximum atomic E-state index is 11.4. The Labute approximate surface area is 116 Å². The molecule has 20 heavy (non-hydrogen) atoms. The van der Waals surface area contributed by atoms with Crippen LogP contribution in [0.25, 0.3) is 0 Å². The van der Waals surface area contributed by atoms with Crippen molar-refractivity contribution in [2.24, 2.45) is 0 Å². The first-order valence-corrected chi connectivity index (χ1v) is 6.17. The van der Waals surface area contributed by atoms with Crippen LogP contribution in [0.15, 0.2) is 42.5 Å². The molecule has 0 radical (unpaired) electrons. The molecule has 0 aliphatic carbocycles. The van der Waals surface area contributed by atoms with Crippen LogP contribution < -0.4 is 10.6 Å². The molecule has 104 valence electrons. The van der Waals surface area contributed by atoms with Gasteiger partial charge in [-0.15, -0.1) is 0 Å². The maximum Gasteiger partial charge on any atom is 0.251 e. The summed E-state index contributed by atoms with van der Waals surface area (Å²) in [6.07, 6.45) is 0. The van der Waals surface area contributed by atoms with Crippen molar-refractivity contribution >= 4 is 11.6 Å². The van der Waals surface area contributed by atoms with Crippen molar-refractivity contribution in [2.75, 3.05) is 12.4 Å². The van der Waals surface area contributed by atoms with E-state index < -0.39 is 0 Å². The van der Waals surface area contributed by atoms with Crippen LogP contribution in [0.4, 0.5) is 5.69 Å². The van der Waals surface area contributed by atoms with Crippen molar-refractivity contribution in [3.8, 4) is 11.5 Å². The molecule has 0 fully saturated rings. The molecule has 0 heterocycles. The summed E-state index contributed by atoms with van der Waals surface area (Å²) in [4.78, 5) is 11.4. The van der Waals surface area contributed by atoms with Gasteiger partial charge in [0.1, 0.15) is 11.5 Å². The third-order valence-corrected chi connectivity index (χ3v) is 2.93. The van der Waals surface area contributed by atoms with E-state index in [1.54, 1.807) is 37.4 Å². The van der Waals surface area contributed by atoms with Gasteiger partial charge in [0.15, 0.2) is 0 Å². The van der Waals surface area contributed by atoms with E-state index in [1.165, 1.54) is 12.1 Å². The Morgan fingerprint density at radius 2 is 1.80 bits per heavy atom. The highest BCUT2D eigenvalue weighted by Crippen LogP contribution is 2.23. The van der Waals surface area contributed by atoms with Crippen LogP contribution in [0.5, 0.6) is 11.5 Å². The molecule has 5 heteroatoms. The minimum atomic E-state index is -0.132. The Morgan fingerprint density at radius 3 is 2.40 bits per heavy atom. The van der Waals surface area contributed by atoms with E-state index in [-0.39, 0.29) is 17.4 Å². The number of carbonyl (C=O) groups excluding carboxylic acids is 1. The second-order valence-electron chi connectivity index (χ2n) is 4.32. The fourth-order valence-electron chi connectivity index (χ4n) is 1.78. The van der Waals surface area contributed by atoms with Crippen LogP contribution in [0.1, 0.15) is 15.9 Å². The molecular weight excluding hydrogens is 256 g/mol. The summed E-state index contributed by atoms with van der Waals surface area (Å²) in [5.74, 6) is -0.0617. The Balaban J connectivity index is 2.02. The Kier molecular flexibility index (Phi) is 4.10. The highest BCUT2D eigenvalue weighted by Gasteiger charge is 2.04. The fourth-order valence-corrected chi connectivity index (χ4v) is 1.78. The number of carbonyl (C=O) groups is 1. The average molecular weight is 272 g/mol. The molecule has 0 aliphatic heterocycles. The standard InChI is InChI=1S/C15H16N2O3/c1-16-15(20)10-2-5-12(6-3-10)17-9-11-4-7-13(18)8-14(11)19/h2-8,17-19H,9H2,1H3,(H,16,20). The lowest BCUT2D eigenvalue weighted by molar-refractivity contribution is 0.0963. The van der Waals surface area contributed by atoms with Crippen molar-refractivity contribution in [3.05, 3.63) is 53.6 Å². The molecule has 0 spiro atoms. The summed E-state index contributed by atoms with van der Waals surface area (Å²) in [6.45, 7) is 0.422. The minimum Gasteiger partial charge on any atom is -0.508 e. The smallest absolute Gasteiger partial charge is 0.251 e. The van der Waals surface area contributed by atoms with Gasteiger partial charge in [-0.1, -0.05) is 0 Å². The largest absolute Gasteiger partial charge is 0.508 e. The molecule has 1 amide bonds. The van der Waals surface area contributed by atoms with Gasteiger partial charge >= 0.3 is 0 Å². The van der Waals surface area contributed by atoms with Gasteiger partial charge in [0, 0.05) is 36.5 Å². The van der Waals surface area contributed by atoms with Gasteiger partial charge in [-0.25, -0.2) is 0 Å². The van der Waals surface area contributed by atoms with Crippen molar-refractivity contribution < 1.29 is 15.0 Å². The summed E-state index contributed by atoms with van der Waals surface area (Å²) in [5, 5.41) is 24.6. The van der Waals surface area contributed by atoms with E-state index >= 15 is 0 Å². The maximum absolute atomic E-state index is 11.4. The average Bonchev–Trinajstić information content (AvgIpc) is 2.46. The predicted molar refractivity (Wildman–Crippen MR) is 76.9 cm³/mol. The van der Waals surface area contributed by atoms with Crippen molar-refractivity contribution in [3.63, 3.8) is 0 Å². The summed E-state index contributed by atoms with van der Waals surface area (Å²) in [5.41, 5.74) is 2.11. The predicted octanol–water partition coefficient (Wildman–Crippen LogP) is 2.07. The van der Waals surface area contributed by atoms with E-state index in [0.29, 0.717) is 17.7 Å². The van der Waals surface area contributed by atoms with Crippen LogP contribution in [0, 0.1) is 0 Å². The van der Waals surface area contributed by atoms with Gasteiger partial charge in [0.2, 0.25) is 0 Å². The molecule has 2 aromatic carbocycles. The Bertz CT molecular complexity index is 609. The number of hydrogen-bond acceptors (Lipinski definition) is 4. The monoisotopic (exact) mass is 272 g/mol. The zero-order valence-electron chi connectivity index (χ0n) is 11.1. The number of amides is 1. The quantitative estimate of drug-likeness (QED) is 0.687. The Morgan fingerprint density at radius 1 is 1.10 bits per heavy atom. The number of anilines is 1. The molecule has 0 bridgehead atoms. The molecule has 0 unspecified atom stereocenters. The molecule has 0 aliphatic rings. The number of aromatic hydroxyl groups is 2. The summed E-state index contributed by atoms with van der Waals surface area (Å²) in [6, 6.07) is 11.5. The van der Waals surface area contributed by atoms with Crippen LogP contribution >= 0.6 is 0 Å². The van der Waals surface area contributed by atoms with E-state index in [4.69, 9.17) is 0 Å². The molecule has 0 aromatic heterocycles. The summed E-state index contributed by atoms with van der Waals surface area (Å²) >= 11 is 0. The number of nitrogens with one attached hydrogen (secondary N) is 2. The van der Waals surface area contributed by atoms with Gasteiger partial charge in [-0.2, -0.15) is 0 Å². The molecule has 2 aromatic rings. The van der Waals surface area contributed by atoms with Gasteiger partial charge in [0.25, 0.3) is 5.91 Å². The van der Waals surface area contributed by atoms with Gasteiger partial charge in [-0.3, -0.25) is 4.79 Å². The molecule has 4 N–H and O–H groups in total. The van der Waals surface area contributed by atoms with Crippen molar-refractivity contribution in [2.45, 2.75) is 6.54 Å². The van der Waals surface area contributed by atoms with E-state index in [2.05, 4.69) is 10.6 Å². The number of hydrogen-bond donors (Lipinski definition) is 4. The third kappa shape index (κ3) is 3.20. The first-order valence-electron chi connectivity index (χ1n) is 6.17. The van der Waals surface area contributed by atoms with E-state index in [1.807, 2.05) is 0 Å². The zero-order valence-corrected chi connectivity index (χ0v) is 11.1. The van der Waals surface area contributed by atoms with Crippen LogP contribution in [0.3, 0.4) is 0 Å². The molecular formula is C15H16N2O3. The van der Waals surface area contributed by atoms with Crippen LogP contribution in [0.2, 0.25) is 0 Å². The van der Waals surface area contributed by atoms with Crippen LogP contribution in [-0.4, -0.2) is 23.2 Å². The highest BCUT2D eigenvalue weighted by molar-refractivity contribution is 5.94. The molecule has 2 rings (SSSR count). The highest BCUT2D eigenvalue weighted by atomic mass is 16.3. The SMILES string of the molecule is CNC(=O)c1ccc(NCc2ccc(O)cc2O)cc1. The number of phenols is 2. The van der Waals surface area contributed by atoms with Gasteiger partial charge in [-0.05, 0) is 36.4 Å². The van der Waals surface area contributed by atoms with Crippen molar-refractivity contribution in [1.29, 1.82) is 0 Å². The third-order valence-electron chi connectivity index (χ3n) is 2.93. The molecule has 0 atom stereocenters. The normalized spacial score (nSPS) is 10.1. The number of rotatable bonds is 4. The lowest BCUT2D eigenvalue weighted by atomic mass is 10.1.